The van der Waals surface area contributed by atoms with Crippen molar-refractivity contribution in [3.63, 3.8) is 0 Å². The number of hydrogen-bond donors (Lipinski definition) is 0. The first-order valence-corrected chi connectivity index (χ1v) is 9.92. The van der Waals surface area contributed by atoms with Crippen LogP contribution in [0.2, 0.25) is 0 Å². The van der Waals surface area contributed by atoms with Gasteiger partial charge in [-0.25, -0.2) is 0 Å². The fourth-order valence-corrected chi connectivity index (χ4v) is 4.40. The van der Waals surface area contributed by atoms with E-state index in [9.17, 15) is 0 Å². The van der Waals surface area contributed by atoms with Crippen molar-refractivity contribution < 1.29 is 30.6 Å². The van der Waals surface area contributed by atoms with Gasteiger partial charge in [0.25, 0.3) is 0 Å². The zero-order valence-corrected chi connectivity index (χ0v) is 19.3. The van der Waals surface area contributed by atoms with Gasteiger partial charge < -0.3 is 4.42 Å². The third-order valence-corrected chi connectivity index (χ3v) is 5.78. The second-order valence-corrected chi connectivity index (χ2v) is 8.77. The smallest absolute Gasteiger partial charge is 0.130 e. The quantitative estimate of drug-likeness (QED) is 0.422. The molecule has 2 aliphatic rings. The molecule has 1 heterocycles. The Morgan fingerprint density at radius 2 is 1.71 bits per heavy atom. The molecular weight excluding hydrogens is 420 g/mol. The minimum atomic E-state index is 0. The summed E-state index contributed by atoms with van der Waals surface area (Å²) in [7, 11) is 0. The number of allylic oxidation sites excluding steroid dienone is 1. The summed E-state index contributed by atoms with van der Waals surface area (Å²) < 4.78 is 6.21. The summed E-state index contributed by atoms with van der Waals surface area (Å²) in [6.45, 7) is 6.57. The van der Waals surface area contributed by atoms with Crippen LogP contribution in [0.5, 0.6) is 0 Å². The van der Waals surface area contributed by atoms with Gasteiger partial charge in [-0.15, -0.1) is 0 Å². The molecule has 1 aromatic heterocycles. The second-order valence-electron chi connectivity index (χ2n) is 8.77. The molecule has 0 N–H and O–H groups in total. The van der Waals surface area contributed by atoms with E-state index in [4.69, 9.17) is 4.42 Å². The van der Waals surface area contributed by atoms with Crippen LogP contribution in [0.25, 0.3) is 22.8 Å². The van der Waals surface area contributed by atoms with E-state index in [1.54, 1.807) is 5.56 Å². The molecule has 0 saturated carbocycles. The first-order valence-electron chi connectivity index (χ1n) is 9.92. The summed E-state index contributed by atoms with van der Waals surface area (Å²) in [6, 6.07) is 17.5. The van der Waals surface area contributed by atoms with Crippen LogP contribution in [0.15, 0.2) is 52.9 Å². The number of hydrogen-bond acceptors (Lipinski definition) is 1. The maximum atomic E-state index is 6.21. The summed E-state index contributed by atoms with van der Waals surface area (Å²) in [5, 5.41) is 0. The molecule has 0 unspecified atom stereocenters. The molecule has 0 spiro atoms. The van der Waals surface area contributed by atoms with Crippen molar-refractivity contribution in [3.05, 3.63) is 88.7 Å². The van der Waals surface area contributed by atoms with Crippen molar-refractivity contribution in [1.29, 1.82) is 0 Å². The van der Waals surface area contributed by atoms with E-state index >= 15 is 0 Å². The van der Waals surface area contributed by atoms with Crippen molar-refractivity contribution in [3.8, 4) is 11.1 Å². The van der Waals surface area contributed by atoms with E-state index in [1.165, 1.54) is 52.7 Å². The van der Waals surface area contributed by atoms with Crippen molar-refractivity contribution in [2.45, 2.75) is 45.4 Å². The molecule has 0 amide bonds. The molecule has 0 bridgehead atoms. The van der Waals surface area contributed by atoms with E-state index in [2.05, 4.69) is 81.8 Å². The molecule has 28 heavy (non-hydrogen) atoms. The van der Waals surface area contributed by atoms with Gasteiger partial charge in [-0.05, 0) is 70.9 Å². The van der Waals surface area contributed by atoms with E-state index in [0.29, 0.717) is 0 Å². The number of benzene rings is 2. The van der Waals surface area contributed by atoms with Gasteiger partial charge >= 0.3 is 0 Å². The molecule has 2 aromatic carbocycles. The second kappa shape index (κ2) is 7.30. The van der Waals surface area contributed by atoms with Crippen LogP contribution in [0.4, 0.5) is 0 Å². The number of aryl methyl sites for hydroxylation is 1. The summed E-state index contributed by atoms with van der Waals surface area (Å²) in [6.07, 6.45) is 8.26. The molecule has 0 aliphatic heterocycles. The molecule has 2 heteroatoms. The third kappa shape index (κ3) is 3.31. The molecule has 0 saturated heterocycles. The van der Waals surface area contributed by atoms with Crippen LogP contribution in [-0.4, -0.2) is 0 Å². The van der Waals surface area contributed by atoms with Gasteiger partial charge in [0, 0.05) is 43.6 Å². The molecule has 2 aliphatic carbocycles. The summed E-state index contributed by atoms with van der Waals surface area (Å²) in [5.74, 6) is 2.00. The SMILES string of the molecule is CC(C)(C)c1ccc(C2=Cc3c(cc4c(c3-c3ccccc3)CCC4)[CH]2)o1.[Zr]. The Kier molecular flexibility index (Phi) is 5.13. The minimum absolute atomic E-state index is 0. The fraction of sp³-hybridized carbons (Fsp3) is 0.269. The van der Waals surface area contributed by atoms with Crippen LogP contribution < -0.4 is 0 Å². The zero-order valence-electron chi connectivity index (χ0n) is 16.8. The topological polar surface area (TPSA) is 13.1 Å². The van der Waals surface area contributed by atoms with Crippen LogP contribution in [-0.2, 0) is 44.5 Å². The normalized spacial score (nSPS) is 15.0. The summed E-state index contributed by atoms with van der Waals surface area (Å²) in [4.78, 5) is 0. The van der Waals surface area contributed by atoms with E-state index in [0.717, 1.165) is 11.5 Å². The van der Waals surface area contributed by atoms with Gasteiger partial charge in [0.15, 0.2) is 0 Å². The van der Waals surface area contributed by atoms with Crippen molar-refractivity contribution in [1.82, 2.24) is 0 Å². The molecule has 5 rings (SSSR count). The van der Waals surface area contributed by atoms with Gasteiger partial charge in [0.2, 0.25) is 0 Å². The third-order valence-electron chi connectivity index (χ3n) is 5.78. The minimum Gasteiger partial charge on any atom is -0.461 e. The van der Waals surface area contributed by atoms with Gasteiger partial charge in [0.05, 0.1) is 0 Å². The monoisotopic (exact) mass is 443 g/mol. The first-order chi connectivity index (χ1) is 13.0. The van der Waals surface area contributed by atoms with Crippen molar-refractivity contribution >= 4 is 11.6 Å². The maximum Gasteiger partial charge on any atom is 0.130 e. The number of rotatable bonds is 2. The fourth-order valence-electron chi connectivity index (χ4n) is 4.40. The Labute approximate surface area is 187 Å². The van der Waals surface area contributed by atoms with Gasteiger partial charge in [-0.3, -0.25) is 0 Å². The van der Waals surface area contributed by atoms with Crippen molar-refractivity contribution in [2.75, 3.05) is 0 Å². The van der Waals surface area contributed by atoms with Gasteiger partial charge in [-0.1, -0.05) is 57.2 Å². The average molecular weight is 445 g/mol. The van der Waals surface area contributed by atoms with Gasteiger partial charge in [0.1, 0.15) is 11.5 Å². The molecule has 139 valence electrons. The predicted molar refractivity (Wildman–Crippen MR) is 113 cm³/mol. The largest absolute Gasteiger partial charge is 0.461 e. The number of furan rings is 1. The Morgan fingerprint density at radius 3 is 2.43 bits per heavy atom. The van der Waals surface area contributed by atoms with Crippen LogP contribution >= 0.6 is 0 Å². The Bertz CT molecular complexity index is 1050. The zero-order chi connectivity index (χ0) is 18.6. The van der Waals surface area contributed by atoms with Crippen LogP contribution in [0.1, 0.15) is 61.0 Å². The molecular formula is C26H25OZr. The van der Waals surface area contributed by atoms with Crippen LogP contribution in [0.3, 0.4) is 0 Å². The van der Waals surface area contributed by atoms with Crippen molar-refractivity contribution in [2.24, 2.45) is 0 Å². The van der Waals surface area contributed by atoms with Crippen LogP contribution in [0, 0.1) is 6.42 Å². The summed E-state index contributed by atoms with van der Waals surface area (Å²) >= 11 is 0. The Morgan fingerprint density at radius 1 is 0.929 bits per heavy atom. The Balaban J connectivity index is 0.00000192. The van der Waals surface area contributed by atoms with Gasteiger partial charge in [-0.2, -0.15) is 0 Å². The molecule has 0 fully saturated rings. The first kappa shape index (κ1) is 19.7. The molecule has 0 atom stereocenters. The molecule has 1 radical (unpaired) electrons. The predicted octanol–water partition coefficient (Wildman–Crippen LogP) is 6.84. The maximum absolute atomic E-state index is 6.21. The van der Waals surface area contributed by atoms with E-state index in [-0.39, 0.29) is 31.6 Å². The number of fused-ring (bicyclic) bond motifs is 2. The average Bonchev–Trinajstić information content (AvgIpc) is 3.37. The standard InChI is InChI=1S/C26H25O.Zr/c1-26(2,3)24-13-12-23(27-24)20-15-19-14-18-10-7-11-21(18)25(22(19)16-20)17-8-5-4-6-9-17;/h4-6,8-9,12-16H,7,10-11H2,1-3H3;. The Hall–Kier alpha value is -1.66. The van der Waals surface area contributed by atoms with E-state index in [1.807, 2.05) is 0 Å². The molecule has 1 nitrogen and oxygen atoms in total. The summed E-state index contributed by atoms with van der Waals surface area (Å²) in [5.41, 5.74) is 9.71. The van der Waals surface area contributed by atoms with E-state index < -0.39 is 0 Å². The molecule has 3 aromatic rings.